The number of benzene rings is 5. The molecular formula is C49H42N2O. The van der Waals surface area contributed by atoms with E-state index in [0.29, 0.717) is 0 Å². The standard InChI is InChI=1S/C49H42N2O/c1-48(2)42-22-35(37-24-44(33-9-5-3-6-10-33)51-45(25-37)34-11-7-4-8-12-34)13-15-39(42)40-16-14-36(23-43(40)48)38-17-18-41(46-47(38)52-29-50-46)49-26-30-19-31(27-49)21-32(20-30)28-49/h3-18,22-25,29-32H,19-21,26-28H2,1-2H3. The zero-order chi connectivity index (χ0) is 34.6. The summed E-state index contributed by atoms with van der Waals surface area (Å²) in [6.07, 6.45) is 10.00. The van der Waals surface area contributed by atoms with Crippen LogP contribution in [-0.2, 0) is 10.8 Å². The number of pyridine rings is 1. The smallest absolute Gasteiger partial charge is 0.182 e. The lowest BCUT2D eigenvalue weighted by Crippen LogP contribution is -2.48. The minimum Gasteiger partial charge on any atom is -0.443 e. The lowest BCUT2D eigenvalue weighted by atomic mass is 9.48. The molecule has 5 aromatic carbocycles. The lowest BCUT2D eigenvalue weighted by molar-refractivity contribution is -0.00457. The lowest BCUT2D eigenvalue weighted by Gasteiger charge is -2.57. The van der Waals surface area contributed by atoms with Gasteiger partial charge >= 0.3 is 0 Å². The van der Waals surface area contributed by atoms with Crippen LogP contribution < -0.4 is 0 Å². The first-order valence-electron chi connectivity index (χ1n) is 19.2. The Labute approximate surface area is 305 Å². The highest BCUT2D eigenvalue weighted by Gasteiger charge is 2.52. The molecule has 52 heavy (non-hydrogen) atoms. The minimum atomic E-state index is -0.173. The molecule has 4 saturated carbocycles. The molecule has 0 unspecified atom stereocenters. The predicted molar refractivity (Wildman–Crippen MR) is 211 cm³/mol. The molecule has 254 valence electrons. The highest BCUT2D eigenvalue weighted by atomic mass is 16.3. The van der Waals surface area contributed by atoms with Crippen molar-refractivity contribution in [3.8, 4) is 55.9 Å². The fraction of sp³-hybridized carbons (Fsp3) is 0.265. The van der Waals surface area contributed by atoms with Crippen LogP contribution >= 0.6 is 0 Å². The first-order valence-corrected chi connectivity index (χ1v) is 19.2. The molecule has 0 spiro atoms. The normalized spacial score (nSPS) is 23.5. The van der Waals surface area contributed by atoms with Crippen molar-refractivity contribution < 1.29 is 4.42 Å². The molecule has 4 fully saturated rings. The quantitative estimate of drug-likeness (QED) is 0.182. The van der Waals surface area contributed by atoms with Crippen LogP contribution in [0, 0.1) is 17.8 Å². The number of aromatic nitrogens is 2. The van der Waals surface area contributed by atoms with E-state index in [-0.39, 0.29) is 10.8 Å². The summed E-state index contributed by atoms with van der Waals surface area (Å²) in [6.45, 7) is 4.76. The molecule has 2 heterocycles. The third-order valence-electron chi connectivity index (χ3n) is 13.4. The Hall–Kier alpha value is -5.28. The predicted octanol–water partition coefficient (Wildman–Crippen LogP) is 12.7. The summed E-state index contributed by atoms with van der Waals surface area (Å²) in [6, 6.07) is 44.4. The largest absolute Gasteiger partial charge is 0.443 e. The number of fused-ring (bicyclic) bond motifs is 4. The van der Waals surface area contributed by atoms with Crippen molar-refractivity contribution in [3.05, 3.63) is 144 Å². The Morgan fingerprint density at radius 2 is 1.06 bits per heavy atom. The van der Waals surface area contributed by atoms with E-state index in [1.807, 2.05) is 0 Å². The van der Waals surface area contributed by atoms with E-state index in [0.717, 1.165) is 56.9 Å². The maximum absolute atomic E-state index is 6.27. The van der Waals surface area contributed by atoms with E-state index in [9.17, 15) is 0 Å². The Morgan fingerprint density at radius 3 is 1.65 bits per heavy atom. The molecule has 3 nitrogen and oxygen atoms in total. The summed E-state index contributed by atoms with van der Waals surface area (Å²) < 4.78 is 6.27. The van der Waals surface area contributed by atoms with E-state index < -0.39 is 0 Å². The Balaban J connectivity index is 0.979. The van der Waals surface area contributed by atoms with Crippen LogP contribution in [-0.4, -0.2) is 9.97 Å². The number of nitrogens with zero attached hydrogens (tertiary/aromatic N) is 2. The van der Waals surface area contributed by atoms with Gasteiger partial charge in [0.05, 0.1) is 11.4 Å². The van der Waals surface area contributed by atoms with Gasteiger partial charge in [-0.15, -0.1) is 0 Å². The third kappa shape index (κ3) is 4.57. The van der Waals surface area contributed by atoms with Crippen LogP contribution in [0.5, 0.6) is 0 Å². The molecule has 5 aliphatic carbocycles. The van der Waals surface area contributed by atoms with Gasteiger partial charge in [0.25, 0.3) is 0 Å². The molecule has 0 saturated heterocycles. The van der Waals surface area contributed by atoms with Crippen LogP contribution in [0.2, 0.25) is 0 Å². The van der Waals surface area contributed by atoms with Gasteiger partial charge in [-0.1, -0.05) is 111 Å². The molecule has 0 N–H and O–H groups in total. The monoisotopic (exact) mass is 674 g/mol. The number of rotatable bonds is 5. The molecule has 5 aliphatic rings. The third-order valence-corrected chi connectivity index (χ3v) is 13.4. The maximum Gasteiger partial charge on any atom is 0.182 e. The fourth-order valence-electron chi connectivity index (χ4n) is 11.3. The maximum atomic E-state index is 6.27. The van der Waals surface area contributed by atoms with Gasteiger partial charge in [-0.05, 0) is 130 Å². The van der Waals surface area contributed by atoms with Crippen LogP contribution in [0.1, 0.15) is 69.1 Å². The highest BCUT2D eigenvalue weighted by molar-refractivity contribution is 5.95. The molecule has 0 amide bonds. The summed E-state index contributed by atoms with van der Waals surface area (Å²) in [5.41, 5.74) is 17.9. The van der Waals surface area contributed by atoms with Gasteiger partial charge in [-0.25, -0.2) is 9.97 Å². The second-order valence-corrected chi connectivity index (χ2v) is 16.9. The highest BCUT2D eigenvalue weighted by Crippen LogP contribution is 2.62. The second-order valence-electron chi connectivity index (χ2n) is 16.9. The Kier molecular flexibility index (Phi) is 6.49. The topological polar surface area (TPSA) is 38.9 Å². The van der Waals surface area contributed by atoms with Crippen molar-refractivity contribution in [2.45, 2.75) is 63.2 Å². The summed E-state index contributed by atoms with van der Waals surface area (Å²) in [4.78, 5) is 10.0. The number of hydrogen-bond acceptors (Lipinski definition) is 3. The zero-order valence-corrected chi connectivity index (χ0v) is 29.9. The van der Waals surface area contributed by atoms with Crippen LogP contribution in [0.25, 0.3) is 67.0 Å². The first kappa shape index (κ1) is 30.4. The van der Waals surface area contributed by atoms with Crippen LogP contribution in [0.4, 0.5) is 0 Å². The van der Waals surface area contributed by atoms with E-state index in [2.05, 4.69) is 135 Å². The molecular weight excluding hydrogens is 633 g/mol. The SMILES string of the molecule is CC1(C)c2cc(-c3cc(-c4ccccc4)nc(-c4ccccc4)c3)ccc2-c2ccc(-c3ccc(C45CC6CC(CC(C6)C4)C5)c4ncoc34)cc21. The molecule has 0 aliphatic heterocycles. The van der Waals surface area contributed by atoms with Gasteiger partial charge in [0.15, 0.2) is 12.0 Å². The molecule has 4 bridgehead atoms. The van der Waals surface area contributed by atoms with Crippen molar-refractivity contribution in [2.24, 2.45) is 17.8 Å². The summed E-state index contributed by atoms with van der Waals surface area (Å²) in [5.74, 6) is 2.68. The van der Waals surface area contributed by atoms with Crippen LogP contribution in [0.15, 0.2) is 132 Å². The molecule has 7 aromatic rings. The molecule has 3 heteroatoms. The van der Waals surface area contributed by atoms with E-state index >= 15 is 0 Å². The molecule has 12 rings (SSSR count). The summed E-state index contributed by atoms with van der Waals surface area (Å²) in [5, 5.41) is 0. The summed E-state index contributed by atoms with van der Waals surface area (Å²) in [7, 11) is 0. The van der Waals surface area contributed by atoms with Crippen molar-refractivity contribution in [1.29, 1.82) is 0 Å². The molecule has 2 aromatic heterocycles. The van der Waals surface area contributed by atoms with Gasteiger partial charge in [0.2, 0.25) is 0 Å². The van der Waals surface area contributed by atoms with Gasteiger partial charge < -0.3 is 4.42 Å². The van der Waals surface area contributed by atoms with Crippen LogP contribution in [0.3, 0.4) is 0 Å². The molecule has 0 radical (unpaired) electrons. The van der Waals surface area contributed by atoms with Crippen molar-refractivity contribution >= 4 is 11.1 Å². The number of hydrogen-bond donors (Lipinski definition) is 0. The summed E-state index contributed by atoms with van der Waals surface area (Å²) >= 11 is 0. The average molecular weight is 675 g/mol. The van der Waals surface area contributed by atoms with Crippen molar-refractivity contribution in [2.75, 3.05) is 0 Å². The van der Waals surface area contributed by atoms with E-state index in [4.69, 9.17) is 14.4 Å². The van der Waals surface area contributed by atoms with Gasteiger partial charge in [0, 0.05) is 22.1 Å². The molecule has 0 atom stereocenters. The van der Waals surface area contributed by atoms with Gasteiger partial charge in [0.1, 0.15) is 5.52 Å². The zero-order valence-electron chi connectivity index (χ0n) is 29.9. The first-order chi connectivity index (χ1) is 25.4. The number of oxazole rings is 1. The Morgan fingerprint density at radius 1 is 0.519 bits per heavy atom. The minimum absolute atomic E-state index is 0.173. The average Bonchev–Trinajstić information content (AvgIpc) is 3.75. The second kappa shape index (κ2) is 11.1. The van der Waals surface area contributed by atoms with Gasteiger partial charge in [-0.3, -0.25) is 0 Å². The van der Waals surface area contributed by atoms with E-state index in [1.165, 1.54) is 83.0 Å². The van der Waals surface area contributed by atoms with Crippen molar-refractivity contribution in [1.82, 2.24) is 9.97 Å². The fourth-order valence-corrected chi connectivity index (χ4v) is 11.3. The van der Waals surface area contributed by atoms with E-state index in [1.54, 1.807) is 6.39 Å². The van der Waals surface area contributed by atoms with Crippen molar-refractivity contribution in [3.63, 3.8) is 0 Å². The Bertz CT molecular complexity index is 2430. The van der Waals surface area contributed by atoms with Gasteiger partial charge in [-0.2, -0.15) is 0 Å².